The number of rotatable bonds is 3. The second-order valence-corrected chi connectivity index (χ2v) is 7.20. The van der Waals surface area contributed by atoms with Crippen LogP contribution < -0.4 is 19.9 Å². The van der Waals surface area contributed by atoms with E-state index in [9.17, 15) is 8.42 Å². The molecule has 0 unspecified atom stereocenters. The zero-order chi connectivity index (χ0) is 14.9. The lowest BCUT2D eigenvalue weighted by molar-refractivity contribution is 0.171. The molecule has 0 bridgehead atoms. The molecule has 1 aromatic carbocycles. The lowest BCUT2D eigenvalue weighted by Crippen LogP contribution is -2.49. The minimum atomic E-state index is -3.59. The molecule has 1 aliphatic carbocycles. The van der Waals surface area contributed by atoms with E-state index in [1.807, 2.05) is 0 Å². The average Bonchev–Trinajstić information content (AvgIpc) is 2.49. The summed E-state index contributed by atoms with van der Waals surface area (Å²) in [4.78, 5) is 0.185. The Kier molecular flexibility index (Phi) is 4.05. The Bertz CT molecular complexity index is 617. The maximum absolute atomic E-state index is 12.5. The summed E-state index contributed by atoms with van der Waals surface area (Å²) in [5, 5.41) is 0. The summed E-state index contributed by atoms with van der Waals surface area (Å²) in [7, 11) is -3.59. The van der Waals surface area contributed by atoms with E-state index < -0.39 is 10.0 Å². The second-order valence-electron chi connectivity index (χ2n) is 5.48. The van der Waals surface area contributed by atoms with Crippen LogP contribution in [0, 0.1) is 0 Å². The van der Waals surface area contributed by atoms with E-state index in [0.717, 1.165) is 25.7 Å². The van der Waals surface area contributed by atoms with Crippen molar-refractivity contribution in [1.82, 2.24) is 4.72 Å². The largest absolute Gasteiger partial charge is 0.486 e. The van der Waals surface area contributed by atoms with Gasteiger partial charge in [-0.1, -0.05) is 12.8 Å². The molecule has 1 saturated carbocycles. The summed E-state index contributed by atoms with van der Waals surface area (Å²) in [5.41, 5.74) is 6.00. The SMILES string of the molecule is N[C@@H]1CCCC[C@H]1NS(=O)(=O)c1ccc2c(c1)OCCO2. The number of nitrogens with one attached hydrogen (secondary N) is 1. The van der Waals surface area contributed by atoms with E-state index in [1.54, 1.807) is 6.07 Å². The van der Waals surface area contributed by atoms with Gasteiger partial charge in [-0.25, -0.2) is 13.1 Å². The third-order valence-corrected chi connectivity index (χ3v) is 5.44. The third kappa shape index (κ3) is 3.14. The maximum atomic E-state index is 12.5. The molecule has 0 spiro atoms. The van der Waals surface area contributed by atoms with Gasteiger partial charge in [-0.15, -0.1) is 0 Å². The van der Waals surface area contributed by atoms with Crippen LogP contribution in [-0.4, -0.2) is 33.7 Å². The molecule has 3 rings (SSSR count). The molecular weight excluding hydrogens is 292 g/mol. The van der Waals surface area contributed by atoms with Crippen LogP contribution in [0.5, 0.6) is 11.5 Å². The molecule has 0 radical (unpaired) electrons. The molecule has 21 heavy (non-hydrogen) atoms. The fourth-order valence-corrected chi connectivity index (χ4v) is 4.10. The van der Waals surface area contributed by atoms with E-state index in [-0.39, 0.29) is 17.0 Å². The van der Waals surface area contributed by atoms with Crippen LogP contribution in [0.4, 0.5) is 0 Å². The molecular formula is C14H20N2O4S. The highest BCUT2D eigenvalue weighted by atomic mass is 32.2. The predicted octanol–water partition coefficient (Wildman–Crippen LogP) is 1.01. The lowest BCUT2D eigenvalue weighted by Gasteiger charge is -2.29. The van der Waals surface area contributed by atoms with Crippen molar-refractivity contribution in [2.75, 3.05) is 13.2 Å². The standard InChI is InChI=1S/C14H20N2O4S/c15-11-3-1-2-4-12(11)16-21(17,18)10-5-6-13-14(9-10)20-8-7-19-13/h5-6,9,11-12,16H,1-4,7-8,15H2/t11-,12-/m1/s1. The summed E-state index contributed by atoms with van der Waals surface area (Å²) in [6.45, 7) is 0.908. The molecule has 7 heteroatoms. The second kappa shape index (κ2) is 5.82. The number of fused-ring (bicyclic) bond motifs is 1. The fourth-order valence-electron chi connectivity index (χ4n) is 2.76. The molecule has 3 N–H and O–H groups in total. The first-order valence-electron chi connectivity index (χ1n) is 7.24. The van der Waals surface area contributed by atoms with E-state index in [1.165, 1.54) is 12.1 Å². The zero-order valence-electron chi connectivity index (χ0n) is 11.7. The molecule has 116 valence electrons. The molecule has 1 aromatic rings. The predicted molar refractivity (Wildman–Crippen MR) is 78.0 cm³/mol. The summed E-state index contributed by atoms with van der Waals surface area (Å²) in [6.07, 6.45) is 3.70. The highest BCUT2D eigenvalue weighted by Crippen LogP contribution is 2.32. The monoisotopic (exact) mass is 312 g/mol. The van der Waals surface area contributed by atoms with Gasteiger partial charge < -0.3 is 15.2 Å². The quantitative estimate of drug-likeness (QED) is 0.869. The van der Waals surface area contributed by atoms with E-state index in [4.69, 9.17) is 15.2 Å². The van der Waals surface area contributed by atoms with Gasteiger partial charge in [0.2, 0.25) is 10.0 Å². The van der Waals surface area contributed by atoms with Gasteiger partial charge in [0.1, 0.15) is 13.2 Å². The van der Waals surface area contributed by atoms with Crippen molar-refractivity contribution in [1.29, 1.82) is 0 Å². The molecule has 0 saturated heterocycles. The Morgan fingerprint density at radius 1 is 1.10 bits per heavy atom. The first-order valence-corrected chi connectivity index (χ1v) is 8.72. The fraction of sp³-hybridized carbons (Fsp3) is 0.571. The van der Waals surface area contributed by atoms with Gasteiger partial charge in [0.25, 0.3) is 0 Å². The smallest absolute Gasteiger partial charge is 0.241 e. The molecule has 6 nitrogen and oxygen atoms in total. The van der Waals surface area contributed by atoms with E-state index >= 15 is 0 Å². The lowest BCUT2D eigenvalue weighted by atomic mass is 9.92. The minimum absolute atomic E-state index is 0.120. The topological polar surface area (TPSA) is 90.7 Å². The molecule has 2 aliphatic rings. The molecule has 2 atom stereocenters. The van der Waals surface area contributed by atoms with Crippen molar-refractivity contribution in [2.45, 2.75) is 42.7 Å². The first kappa shape index (κ1) is 14.6. The number of sulfonamides is 1. The van der Waals surface area contributed by atoms with Crippen LogP contribution in [-0.2, 0) is 10.0 Å². The molecule has 1 fully saturated rings. The highest BCUT2D eigenvalue weighted by molar-refractivity contribution is 7.89. The molecule has 1 heterocycles. The Balaban J connectivity index is 1.81. The van der Waals surface area contributed by atoms with Crippen molar-refractivity contribution >= 4 is 10.0 Å². The molecule has 1 aliphatic heterocycles. The van der Waals surface area contributed by atoms with Gasteiger partial charge in [-0.3, -0.25) is 0 Å². The van der Waals surface area contributed by atoms with Crippen molar-refractivity contribution in [3.63, 3.8) is 0 Å². The maximum Gasteiger partial charge on any atom is 0.241 e. The summed E-state index contributed by atoms with van der Waals surface area (Å²) in [6, 6.07) is 4.35. The number of hydrogen-bond donors (Lipinski definition) is 2. The van der Waals surface area contributed by atoms with Crippen molar-refractivity contribution in [3.05, 3.63) is 18.2 Å². The third-order valence-electron chi connectivity index (χ3n) is 3.95. The summed E-state index contributed by atoms with van der Waals surface area (Å²) < 4.78 is 38.5. The Hall–Kier alpha value is -1.31. The van der Waals surface area contributed by atoms with Crippen LogP contribution in [0.2, 0.25) is 0 Å². The Morgan fingerprint density at radius 3 is 2.57 bits per heavy atom. The van der Waals surface area contributed by atoms with Gasteiger partial charge in [0, 0.05) is 18.2 Å². The Morgan fingerprint density at radius 2 is 1.81 bits per heavy atom. The van der Waals surface area contributed by atoms with Crippen molar-refractivity contribution in [2.24, 2.45) is 5.73 Å². The highest BCUT2D eigenvalue weighted by Gasteiger charge is 2.28. The van der Waals surface area contributed by atoms with Crippen molar-refractivity contribution in [3.8, 4) is 11.5 Å². The van der Waals surface area contributed by atoms with Crippen LogP contribution in [0.3, 0.4) is 0 Å². The Labute approximate surface area is 124 Å². The number of hydrogen-bond acceptors (Lipinski definition) is 5. The summed E-state index contributed by atoms with van der Waals surface area (Å²) in [5.74, 6) is 1.05. The number of ether oxygens (including phenoxy) is 2. The van der Waals surface area contributed by atoms with E-state index in [2.05, 4.69) is 4.72 Å². The van der Waals surface area contributed by atoms with Crippen LogP contribution >= 0.6 is 0 Å². The van der Waals surface area contributed by atoms with Gasteiger partial charge in [0.15, 0.2) is 11.5 Å². The normalized spacial score (nSPS) is 25.6. The first-order chi connectivity index (χ1) is 10.1. The van der Waals surface area contributed by atoms with Crippen LogP contribution in [0.1, 0.15) is 25.7 Å². The van der Waals surface area contributed by atoms with Gasteiger partial charge >= 0.3 is 0 Å². The average molecular weight is 312 g/mol. The zero-order valence-corrected chi connectivity index (χ0v) is 12.6. The molecule has 0 aromatic heterocycles. The number of nitrogens with two attached hydrogens (primary N) is 1. The molecule has 0 amide bonds. The van der Waals surface area contributed by atoms with Crippen LogP contribution in [0.15, 0.2) is 23.1 Å². The minimum Gasteiger partial charge on any atom is -0.486 e. The summed E-state index contributed by atoms with van der Waals surface area (Å²) >= 11 is 0. The van der Waals surface area contributed by atoms with Gasteiger partial charge in [0.05, 0.1) is 4.90 Å². The van der Waals surface area contributed by atoms with Gasteiger partial charge in [-0.2, -0.15) is 0 Å². The van der Waals surface area contributed by atoms with Crippen molar-refractivity contribution < 1.29 is 17.9 Å². The number of benzene rings is 1. The van der Waals surface area contributed by atoms with Crippen LogP contribution in [0.25, 0.3) is 0 Å². The van der Waals surface area contributed by atoms with E-state index in [0.29, 0.717) is 24.7 Å². The van der Waals surface area contributed by atoms with Gasteiger partial charge in [-0.05, 0) is 25.0 Å².